The number of aliphatic carboxylic acids is 1. The standard InChI is InChI=1S/C11H13N3O5S/c1-6(15)13-8(10(16)17)5-20-9-4-12-3-7(14-9)11(18)19-2/h3-4,8H,5H2,1-2H3,(H,13,15)(H,16,17)/t8-/m0/s1. The molecule has 0 fully saturated rings. The van der Waals surface area contributed by atoms with Crippen molar-refractivity contribution in [1.82, 2.24) is 15.3 Å². The average Bonchev–Trinajstić information content (AvgIpc) is 2.42. The van der Waals surface area contributed by atoms with Gasteiger partial charge in [0.25, 0.3) is 0 Å². The Labute approximate surface area is 118 Å². The van der Waals surface area contributed by atoms with Gasteiger partial charge in [0.1, 0.15) is 11.1 Å². The molecule has 1 heterocycles. The second-order valence-corrected chi connectivity index (χ2v) is 4.68. The van der Waals surface area contributed by atoms with Gasteiger partial charge in [0.15, 0.2) is 5.69 Å². The number of carboxylic acid groups (broad SMARTS) is 1. The summed E-state index contributed by atoms with van der Waals surface area (Å²) in [5, 5.41) is 11.6. The summed E-state index contributed by atoms with van der Waals surface area (Å²) in [5.41, 5.74) is 0.0314. The van der Waals surface area contributed by atoms with E-state index >= 15 is 0 Å². The number of rotatable bonds is 6. The second kappa shape index (κ2) is 7.43. The van der Waals surface area contributed by atoms with Crippen molar-refractivity contribution in [2.75, 3.05) is 12.9 Å². The van der Waals surface area contributed by atoms with E-state index in [0.29, 0.717) is 5.03 Å². The first-order valence-electron chi connectivity index (χ1n) is 5.47. The summed E-state index contributed by atoms with van der Waals surface area (Å²) in [4.78, 5) is 40.9. The van der Waals surface area contributed by atoms with Crippen LogP contribution in [0.4, 0.5) is 0 Å². The number of nitrogens with zero attached hydrogens (tertiary/aromatic N) is 2. The highest BCUT2D eigenvalue weighted by Gasteiger charge is 2.19. The van der Waals surface area contributed by atoms with Crippen molar-refractivity contribution >= 4 is 29.6 Å². The Morgan fingerprint density at radius 2 is 2.15 bits per heavy atom. The molecule has 8 nitrogen and oxygen atoms in total. The van der Waals surface area contributed by atoms with Crippen LogP contribution < -0.4 is 5.32 Å². The predicted octanol–water partition coefficient (Wildman–Crippen LogP) is -0.0554. The van der Waals surface area contributed by atoms with Gasteiger partial charge in [-0.05, 0) is 0 Å². The summed E-state index contributed by atoms with van der Waals surface area (Å²) in [7, 11) is 1.22. The van der Waals surface area contributed by atoms with Gasteiger partial charge in [-0.25, -0.2) is 14.6 Å². The van der Waals surface area contributed by atoms with Gasteiger partial charge in [0, 0.05) is 12.7 Å². The summed E-state index contributed by atoms with van der Waals surface area (Å²) in [6, 6.07) is -1.04. The molecule has 1 rings (SSSR count). The van der Waals surface area contributed by atoms with E-state index in [1.165, 1.54) is 26.4 Å². The molecule has 0 aromatic carbocycles. The molecule has 1 aromatic heterocycles. The molecular weight excluding hydrogens is 286 g/mol. The van der Waals surface area contributed by atoms with Crippen LogP contribution in [0, 0.1) is 0 Å². The number of thioether (sulfide) groups is 1. The van der Waals surface area contributed by atoms with Crippen LogP contribution in [-0.2, 0) is 14.3 Å². The van der Waals surface area contributed by atoms with Crippen molar-refractivity contribution in [1.29, 1.82) is 0 Å². The van der Waals surface area contributed by atoms with E-state index in [1.807, 2.05) is 0 Å². The minimum atomic E-state index is -1.15. The van der Waals surface area contributed by atoms with Gasteiger partial charge in [-0.1, -0.05) is 0 Å². The largest absolute Gasteiger partial charge is 0.480 e. The number of carboxylic acids is 1. The maximum absolute atomic E-state index is 11.3. The Morgan fingerprint density at radius 3 is 2.70 bits per heavy atom. The Bertz CT molecular complexity index is 523. The smallest absolute Gasteiger partial charge is 0.358 e. The molecule has 9 heteroatoms. The molecule has 0 radical (unpaired) electrons. The van der Waals surface area contributed by atoms with E-state index in [4.69, 9.17) is 5.11 Å². The van der Waals surface area contributed by atoms with E-state index in [0.717, 1.165) is 11.8 Å². The molecule has 20 heavy (non-hydrogen) atoms. The first-order valence-corrected chi connectivity index (χ1v) is 6.45. The molecule has 0 unspecified atom stereocenters. The lowest BCUT2D eigenvalue weighted by molar-refractivity contribution is -0.140. The molecule has 1 amide bonds. The highest BCUT2D eigenvalue weighted by molar-refractivity contribution is 7.99. The zero-order valence-electron chi connectivity index (χ0n) is 10.8. The van der Waals surface area contributed by atoms with Crippen LogP contribution in [0.15, 0.2) is 17.4 Å². The highest BCUT2D eigenvalue weighted by atomic mass is 32.2. The molecule has 0 aliphatic rings. The van der Waals surface area contributed by atoms with E-state index in [2.05, 4.69) is 20.0 Å². The number of nitrogens with one attached hydrogen (secondary N) is 1. The van der Waals surface area contributed by atoms with Crippen molar-refractivity contribution in [3.63, 3.8) is 0 Å². The molecule has 0 bridgehead atoms. The molecule has 1 atom stereocenters. The van der Waals surface area contributed by atoms with Gasteiger partial charge in [-0.3, -0.25) is 9.78 Å². The maximum Gasteiger partial charge on any atom is 0.358 e. The van der Waals surface area contributed by atoms with Crippen LogP contribution in [0.3, 0.4) is 0 Å². The van der Waals surface area contributed by atoms with E-state index in [-0.39, 0.29) is 11.4 Å². The minimum absolute atomic E-state index is 0.0314. The Morgan fingerprint density at radius 1 is 1.45 bits per heavy atom. The van der Waals surface area contributed by atoms with Gasteiger partial charge >= 0.3 is 11.9 Å². The average molecular weight is 299 g/mol. The van der Waals surface area contributed by atoms with Crippen molar-refractivity contribution in [3.8, 4) is 0 Å². The number of esters is 1. The zero-order chi connectivity index (χ0) is 15.1. The first-order chi connectivity index (χ1) is 9.43. The molecule has 0 aliphatic carbocycles. The fraction of sp³-hybridized carbons (Fsp3) is 0.364. The summed E-state index contributed by atoms with van der Waals surface area (Å²) in [6.45, 7) is 1.23. The van der Waals surface area contributed by atoms with Crippen molar-refractivity contribution < 1.29 is 24.2 Å². The SMILES string of the molecule is COC(=O)c1cncc(SC[C@H](NC(C)=O)C(=O)O)n1. The number of ether oxygens (including phenoxy) is 1. The fourth-order valence-electron chi connectivity index (χ4n) is 1.21. The fourth-order valence-corrected chi connectivity index (χ4v) is 2.07. The number of carbonyl (C=O) groups excluding carboxylic acids is 2. The van der Waals surface area contributed by atoms with E-state index in [1.54, 1.807) is 0 Å². The molecule has 108 valence electrons. The summed E-state index contributed by atoms with van der Waals surface area (Å²) in [5.74, 6) is -2.15. The second-order valence-electron chi connectivity index (χ2n) is 3.64. The van der Waals surface area contributed by atoms with Crippen molar-refractivity contribution in [3.05, 3.63) is 18.1 Å². The van der Waals surface area contributed by atoms with Gasteiger partial charge in [-0.2, -0.15) is 0 Å². The number of carbonyl (C=O) groups is 3. The van der Waals surface area contributed by atoms with Crippen LogP contribution in [0.1, 0.15) is 17.4 Å². The third-order valence-corrected chi connectivity index (χ3v) is 3.07. The maximum atomic E-state index is 11.3. The minimum Gasteiger partial charge on any atom is -0.480 e. The number of aromatic nitrogens is 2. The number of hydrogen-bond acceptors (Lipinski definition) is 7. The number of methoxy groups -OCH3 is 1. The molecule has 0 aliphatic heterocycles. The number of hydrogen-bond donors (Lipinski definition) is 2. The summed E-state index contributed by atoms with van der Waals surface area (Å²) < 4.78 is 4.51. The Hall–Kier alpha value is -2.16. The van der Waals surface area contributed by atoms with Gasteiger partial charge in [0.05, 0.1) is 19.5 Å². The lowest BCUT2D eigenvalue weighted by Crippen LogP contribution is -2.41. The molecule has 0 saturated carbocycles. The van der Waals surface area contributed by atoms with Crippen LogP contribution in [-0.4, -0.2) is 51.8 Å². The first kappa shape index (κ1) is 15.9. The predicted molar refractivity (Wildman–Crippen MR) is 69.3 cm³/mol. The van der Waals surface area contributed by atoms with Crippen LogP contribution in [0.5, 0.6) is 0 Å². The Balaban J connectivity index is 2.70. The topological polar surface area (TPSA) is 118 Å². The van der Waals surface area contributed by atoms with E-state index in [9.17, 15) is 14.4 Å². The zero-order valence-corrected chi connectivity index (χ0v) is 11.6. The lowest BCUT2D eigenvalue weighted by atomic mass is 10.3. The Kier molecular flexibility index (Phi) is 5.91. The quantitative estimate of drug-likeness (QED) is 0.554. The monoisotopic (exact) mass is 299 g/mol. The third-order valence-electron chi connectivity index (χ3n) is 2.08. The third kappa shape index (κ3) is 4.84. The van der Waals surface area contributed by atoms with E-state index < -0.39 is 23.9 Å². The summed E-state index contributed by atoms with van der Waals surface area (Å²) in [6.07, 6.45) is 2.64. The van der Waals surface area contributed by atoms with Crippen LogP contribution in [0.2, 0.25) is 0 Å². The van der Waals surface area contributed by atoms with Crippen molar-refractivity contribution in [2.45, 2.75) is 18.0 Å². The highest BCUT2D eigenvalue weighted by Crippen LogP contribution is 2.16. The molecule has 2 N–H and O–H groups in total. The normalized spacial score (nSPS) is 11.5. The lowest BCUT2D eigenvalue weighted by Gasteiger charge is -2.12. The van der Waals surface area contributed by atoms with Crippen LogP contribution >= 0.6 is 11.8 Å². The molecular formula is C11H13N3O5S. The van der Waals surface area contributed by atoms with Gasteiger partial charge < -0.3 is 15.2 Å². The van der Waals surface area contributed by atoms with Crippen molar-refractivity contribution in [2.24, 2.45) is 0 Å². The summed E-state index contributed by atoms with van der Waals surface area (Å²) >= 11 is 1.06. The molecule has 1 aromatic rings. The van der Waals surface area contributed by atoms with Gasteiger partial charge in [-0.15, -0.1) is 11.8 Å². The molecule has 0 spiro atoms. The number of amides is 1. The van der Waals surface area contributed by atoms with Gasteiger partial charge in [0.2, 0.25) is 5.91 Å². The van der Waals surface area contributed by atoms with Crippen LogP contribution in [0.25, 0.3) is 0 Å². The molecule has 0 saturated heterocycles.